The van der Waals surface area contributed by atoms with E-state index in [2.05, 4.69) is 13.0 Å². The number of ether oxygens (including phenoxy) is 1. The Kier molecular flexibility index (Phi) is 9.67. The van der Waals surface area contributed by atoms with Crippen LogP contribution >= 0.6 is 0 Å². The Morgan fingerprint density at radius 1 is 0.970 bits per heavy atom. The summed E-state index contributed by atoms with van der Waals surface area (Å²) in [5.74, 6) is -1.91. The van der Waals surface area contributed by atoms with Crippen molar-refractivity contribution in [2.75, 3.05) is 0 Å². The van der Waals surface area contributed by atoms with E-state index in [0.717, 1.165) is 49.7 Å². The third kappa shape index (κ3) is 7.75. The standard InChI is InChI=1S/C27H34O6/c1-4-27(32,5-2)15-8-6-7-10-19(3)21-11-9-12-22(17-21)33-18-20-13-14-23(25(28)29)24(16-20)26(30)31/h9-14,16-17,32H,4-8,15,18H2,1-3H3,(H,28,29)(H,30,31). The molecule has 0 unspecified atom stereocenters. The quantitative estimate of drug-likeness (QED) is 0.312. The predicted octanol–water partition coefficient (Wildman–Crippen LogP) is 6.18. The van der Waals surface area contributed by atoms with E-state index in [1.165, 1.54) is 12.1 Å². The van der Waals surface area contributed by atoms with Crippen LogP contribution < -0.4 is 4.74 Å². The number of rotatable bonds is 13. The van der Waals surface area contributed by atoms with Gasteiger partial charge in [-0.25, -0.2) is 9.59 Å². The van der Waals surface area contributed by atoms with Crippen LogP contribution in [0.15, 0.2) is 48.5 Å². The van der Waals surface area contributed by atoms with E-state index in [1.807, 2.05) is 38.1 Å². The van der Waals surface area contributed by atoms with Gasteiger partial charge in [-0.05, 0) is 80.0 Å². The number of carboxylic acid groups (broad SMARTS) is 2. The first kappa shape index (κ1) is 26.1. The Hall–Kier alpha value is -3.12. The number of allylic oxidation sites excluding steroid dienone is 2. The van der Waals surface area contributed by atoms with E-state index in [-0.39, 0.29) is 17.7 Å². The van der Waals surface area contributed by atoms with Crippen molar-refractivity contribution in [3.05, 3.63) is 70.8 Å². The van der Waals surface area contributed by atoms with Crippen LogP contribution in [0.4, 0.5) is 0 Å². The average molecular weight is 455 g/mol. The molecule has 2 rings (SSSR count). The summed E-state index contributed by atoms with van der Waals surface area (Å²) < 4.78 is 5.83. The number of unbranched alkanes of at least 4 members (excludes halogenated alkanes) is 2. The third-order valence-corrected chi connectivity index (χ3v) is 6.10. The maximum Gasteiger partial charge on any atom is 0.336 e. The first-order valence-electron chi connectivity index (χ1n) is 11.4. The molecule has 3 N–H and O–H groups in total. The highest BCUT2D eigenvalue weighted by Crippen LogP contribution is 2.24. The van der Waals surface area contributed by atoms with Gasteiger partial charge in [-0.3, -0.25) is 0 Å². The van der Waals surface area contributed by atoms with Crippen molar-refractivity contribution in [1.82, 2.24) is 0 Å². The molecular formula is C27H34O6. The molecular weight excluding hydrogens is 420 g/mol. The Balaban J connectivity index is 1.96. The molecule has 0 atom stereocenters. The van der Waals surface area contributed by atoms with Gasteiger partial charge < -0.3 is 20.1 Å². The normalized spacial score (nSPS) is 11.9. The molecule has 6 nitrogen and oxygen atoms in total. The van der Waals surface area contributed by atoms with Crippen molar-refractivity contribution in [2.45, 2.75) is 71.5 Å². The van der Waals surface area contributed by atoms with Crippen molar-refractivity contribution >= 4 is 17.5 Å². The first-order valence-corrected chi connectivity index (χ1v) is 11.4. The van der Waals surface area contributed by atoms with Crippen LogP contribution in [0, 0.1) is 0 Å². The van der Waals surface area contributed by atoms with E-state index < -0.39 is 17.5 Å². The molecule has 0 aliphatic carbocycles. The molecule has 0 saturated carbocycles. The largest absolute Gasteiger partial charge is 0.489 e. The highest BCUT2D eigenvalue weighted by Gasteiger charge is 2.20. The molecule has 0 aromatic heterocycles. The molecule has 2 aromatic rings. The molecule has 0 bridgehead atoms. The maximum absolute atomic E-state index is 11.4. The molecule has 33 heavy (non-hydrogen) atoms. The number of benzene rings is 2. The number of carboxylic acids is 2. The van der Waals surface area contributed by atoms with Gasteiger partial charge in [-0.2, -0.15) is 0 Å². The van der Waals surface area contributed by atoms with E-state index in [9.17, 15) is 19.8 Å². The molecule has 178 valence electrons. The molecule has 0 amide bonds. The second kappa shape index (κ2) is 12.2. The lowest BCUT2D eigenvalue weighted by Crippen LogP contribution is -2.26. The number of aromatic carboxylic acids is 2. The van der Waals surface area contributed by atoms with E-state index >= 15 is 0 Å². The van der Waals surface area contributed by atoms with Crippen LogP contribution in [0.2, 0.25) is 0 Å². The Morgan fingerprint density at radius 3 is 2.30 bits per heavy atom. The number of hydrogen-bond acceptors (Lipinski definition) is 4. The zero-order chi connectivity index (χ0) is 24.4. The van der Waals surface area contributed by atoms with Gasteiger partial charge in [0.2, 0.25) is 0 Å². The summed E-state index contributed by atoms with van der Waals surface area (Å²) in [5.41, 5.74) is 1.72. The van der Waals surface area contributed by atoms with Crippen LogP contribution in [0.3, 0.4) is 0 Å². The summed E-state index contributed by atoms with van der Waals surface area (Å²) in [5, 5.41) is 28.8. The van der Waals surface area contributed by atoms with Crippen LogP contribution in [-0.2, 0) is 6.61 Å². The van der Waals surface area contributed by atoms with Crippen molar-refractivity contribution in [3.8, 4) is 5.75 Å². The molecule has 0 aliphatic heterocycles. The van der Waals surface area contributed by atoms with Gasteiger partial charge in [-0.15, -0.1) is 0 Å². The first-order chi connectivity index (χ1) is 15.7. The summed E-state index contributed by atoms with van der Waals surface area (Å²) >= 11 is 0. The van der Waals surface area contributed by atoms with Gasteiger partial charge in [-0.1, -0.05) is 44.5 Å². The average Bonchev–Trinajstić information content (AvgIpc) is 2.82. The minimum atomic E-state index is -1.29. The fourth-order valence-corrected chi connectivity index (χ4v) is 3.68. The highest BCUT2D eigenvalue weighted by molar-refractivity contribution is 6.01. The zero-order valence-electron chi connectivity index (χ0n) is 19.6. The summed E-state index contributed by atoms with van der Waals surface area (Å²) in [6.45, 7) is 6.24. The summed E-state index contributed by atoms with van der Waals surface area (Å²) in [6, 6.07) is 11.9. The molecule has 0 fully saturated rings. The predicted molar refractivity (Wildman–Crippen MR) is 129 cm³/mol. The van der Waals surface area contributed by atoms with E-state index in [0.29, 0.717) is 11.3 Å². The summed E-state index contributed by atoms with van der Waals surface area (Å²) in [7, 11) is 0. The molecule has 0 aliphatic rings. The Bertz CT molecular complexity index is 988. The lowest BCUT2D eigenvalue weighted by atomic mass is 9.91. The molecule has 2 aromatic carbocycles. The van der Waals surface area contributed by atoms with Crippen LogP contribution in [-0.4, -0.2) is 32.9 Å². The minimum Gasteiger partial charge on any atom is -0.489 e. The SMILES string of the molecule is CCC(O)(CC)CCCCC=C(C)c1cccc(OCc2ccc(C(=O)O)c(C(=O)O)c2)c1. The topological polar surface area (TPSA) is 104 Å². The highest BCUT2D eigenvalue weighted by atomic mass is 16.5. The van der Waals surface area contributed by atoms with Crippen molar-refractivity contribution in [2.24, 2.45) is 0 Å². The van der Waals surface area contributed by atoms with Gasteiger partial charge in [0.1, 0.15) is 12.4 Å². The lowest BCUT2D eigenvalue weighted by Gasteiger charge is -2.24. The van der Waals surface area contributed by atoms with Gasteiger partial charge in [0, 0.05) is 0 Å². The number of hydrogen-bond donors (Lipinski definition) is 3. The van der Waals surface area contributed by atoms with E-state index in [4.69, 9.17) is 9.84 Å². The maximum atomic E-state index is 11.4. The molecule has 6 heteroatoms. The van der Waals surface area contributed by atoms with Crippen LogP contribution in [0.1, 0.15) is 91.1 Å². The second-order valence-corrected chi connectivity index (χ2v) is 8.37. The van der Waals surface area contributed by atoms with Gasteiger partial charge in [0.25, 0.3) is 0 Å². The Labute approximate surface area is 195 Å². The zero-order valence-corrected chi connectivity index (χ0v) is 19.6. The van der Waals surface area contributed by atoms with Crippen molar-refractivity contribution in [3.63, 3.8) is 0 Å². The van der Waals surface area contributed by atoms with Crippen LogP contribution in [0.5, 0.6) is 5.75 Å². The van der Waals surface area contributed by atoms with E-state index in [1.54, 1.807) is 6.07 Å². The number of aliphatic hydroxyl groups is 1. The summed E-state index contributed by atoms with van der Waals surface area (Å²) in [4.78, 5) is 22.5. The lowest BCUT2D eigenvalue weighted by molar-refractivity contribution is 0.0213. The monoisotopic (exact) mass is 454 g/mol. The number of carbonyl (C=O) groups is 2. The minimum absolute atomic E-state index is 0.129. The van der Waals surface area contributed by atoms with Gasteiger partial charge in [0.05, 0.1) is 16.7 Å². The fraction of sp³-hybridized carbons (Fsp3) is 0.407. The molecule has 0 radical (unpaired) electrons. The molecule has 0 spiro atoms. The molecule has 0 saturated heterocycles. The smallest absolute Gasteiger partial charge is 0.336 e. The van der Waals surface area contributed by atoms with Crippen molar-refractivity contribution < 1.29 is 29.6 Å². The van der Waals surface area contributed by atoms with Gasteiger partial charge >= 0.3 is 11.9 Å². The van der Waals surface area contributed by atoms with Gasteiger partial charge in [0.15, 0.2) is 0 Å². The summed E-state index contributed by atoms with van der Waals surface area (Å²) in [6.07, 6.45) is 7.54. The third-order valence-electron chi connectivity index (χ3n) is 6.10. The van der Waals surface area contributed by atoms with Crippen molar-refractivity contribution in [1.29, 1.82) is 0 Å². The fourth-order valence-electron chi connectivity index (χ4n) is 3.68. The van der Waals surface area contributed by atoms with Crippen LogP contribution in [0.25, 0.3) is 5.57 Å². The molecule has 0 heterocycles. The Morgan fingerprint density at radius 2 is 1.67 bits per heavy atom. The second-order valence-electron chi connectivity index (χ2n) is 8.37.